The first-order valence-electron chi connectivity index (χ1n) is 12.6. The zero-order chi connectivity index (χ0) is 26.2. The van der Waals surface area contributed by atoms with Gasteiger partial charge in [-0.05, 0) is 37.0 Å². The summed E-state index contributed by atoms with van der Waals surface area (Å²) in [6.07, 6.45) is 2.90. The predicted octanol–water partition coefficient (Wildman–Crippen LogP) is 3.48. The first kappa shape index (κ1) is 27.4. The lowest BCUT2D eigenvalue weighted by molar-refractivity contribution is -0.139. The van der Waals surface area contributed by atoms with E-state index in [1.807, 2.05) is 18.7 Å². The van der Waals surface area contributed by atoms with Crippen molar-refractivity contribution in [3.63, 3.8) is 0 Å². The average Bonchev–Trinajstić information content (AvgIpc) is 3.06. The Morgan fingerprint density at radius 3 is 2.69 bits per heavy atom. The van der Waals surface area contributed by atoms with Gasteiger partial charge in [-0.1, -0.05) is 32.1 Å². The summed E-state index contributed by atoms with van der Waals surface area (Å²) < 4.78 is 19.5. The SMILES string of the molecule is C=CCN1C(=O)NC(c2cccc(F)c2)C(C(=O)OCC)=C1CN1CCCN(C(=O)CC(C)C)CC1. The quantitative estimate of drug-likeness (QED) is 0.415. The number of nitrogens with one attached hydrogen (secondary N) is 1. The van der Waals surface area contributed by atoms with Crippen molar-refractivity contribution in [2.75, 3.05) is 45.9 Å². The number of amides is 3. The van der Waals surface area contributed by atoms with Crippen LogP contribution in [0, 0.1) is 11.7 Å². The molecule has 1 atom stereocenters. The molecule has 2 aliphatic heterocycles. The predicted molar refractivity (Wildman–Crippen MR) is 135 cm³/mol. The number of rotatable bonds is 9. The van der Waals surface area contributed by atoms with Crippen LogP contribution in [-0.2, 0) is 14.3 Å². The number of urea groups is 1. The van der Waals surface area contributed by atoms with Crippen molar-refractivity contribution in [2.24, 2.45) is 5.92 Å². The summed E-state index contributed by atoms with van der Waals surface area (Å²) in [7, 11) is 0. The number of halogens is 1. The second-order valence-corrected chi connectivity index (χ2v) is 9.53. The van der Waals surface area contributed by atoms with E-state index in [-0.39, 0.29) is 24.6 Å². The molecule has 1 aromatic carbocycles. The molecule has 1 saturated heterocycles. The number of hydrogen-bond acceptors (Lipinski definition) is 5. The Balaban J connectivity index is 1.96. The van der Waals surface area contributed by atoms with Crippen LogP contribution in [0.2, 0.25) is 0 Å². The average molecular weight is 501 g/mol. The maximum atomic E-state index is 14.1. The molecule has 0 spiro atoms. The Morgan fingerprint density at radius 2 is 2.03 bits per heavy atom. The van der Waals surface area contributed by atoms with Crippen molar-refractivity contribution in [2.45, 2.75) is 39.7 Å². The fourth-order valence-corrected chi connectivity index (χ4v) is 4.65. The number of nitrogens with zero attached hydrogens (tertiary/aromatic N) is 3. The first-order valence-corrected chi connectivity index (χ1v) is 12.6. The number of carbonyl (C=O) groups is 3. The third-order valence-electron chi connectivity index (χ3n) is 6.32. The molecule has 0 saturated carbocycles. The maximum absolute atomic E-state index is 14.1. The highest BCUT2D eigenvalue weighted by Gasteiger charge is 2.38. The van der Waals surface area contributed by atoms with Crippen LogP contribution in [0.15, 0.2) is 48.2 Å². The van der Waals surface area contributed by atoms with Crippen LogP contribution in [0.1, 0.15) is 45.2 Å². The molecule has 1 unspecified atom stereocenters. The first-order chi connectivity index (χ1) is 17.2. The molecule has 2 heterocycles. The zero-order valence-electron chi connectivity index (χ0n) is 21.5. The molecule has 36 heavy (non-hydrogen) atoms. The van der Waals surface area contributed by atoms with E-state index in [1.54, 1.807) is 25.1 Å². The van der Waals surface area contributed by atoms with Crippen LogP contribution in [0.4, 0.5) is 9.18 Å². The number of benzene rings is 1. The van der Waals surface area contributed by atoms with Crippen molar-refractivity contribution in [1.82, 2.24) is 20.0 Å². The third-order valence-corrected chi connectivity index (χ3v) is 6.32. The van der Waals surface area contributed by atoms with Gasteiger partial charge in [-0.3, -0.25) is 14.6 Å². The lowest BCUT2D eigenvalue weighted by atomic mass is 9.94. The van der Waals surface area contributed by atoms with Crippen LogP contribution in [0.25, 0.3) is 0 Å². The summed E-state index contributed by atoms with van der Waals surface area (Å²) in [5.74, 6) is -0.574. The van der Waals surface area contributed by atoms with E-state index in [0.29, 0.717) is 56.3 Å². The van der Waals surface area contributed by atoms with Gasteiger partial charge in [-0.25, -0.2) is 14.0 Å². The van der Waals surface area contributed by atoms with E-state index in [4.69, 9.17) is 4.74 Å². The molecule has 3 rings (SSSR count). The molecule has 196 valence electrons. The largest absolute Gasteiger partial charge is 0.463 e. The number of hydrogen-bond donors (Lipinski definition) is 1. The molecule has 0 radical (unpaired) electrons. The van der Waals surface area contributed by atoms with Crippen molar-refractivity contribution < 1.29 is 23.5 Å². The van der Waals surface area contributed by atoms with Gasteiger partial charge in [0.1, 0.15) is 5.82 Å². The summed E-state index contributed by atoms with van der Waals surface area (Å²) >= 11 is 0. The Labute approximate surface area is 212 Å². The third kappa shape index (κ3) is 6.72. The van der Waals surface area contributed by atoms with Crippen molar-refractivity contribution in [1.29, 1.82) is 0 Å². The molecule has 3 amide bonds. The Hall–Kier alpha value is -3.20. The zero-order valence-corrected chi connectivity index (χ0v) is 21.5. The van der Waals surface area contributed by atoms with E-state index in [1.165, 1.54) is 17.0 Å². The topological polar surface area (TPSA) is 82.2 Å². The minimum absolute atomic E-state index is 0.148. The van der Waals surface area contributed by atoms with Crippen LogP contribution in [0.3, 0.4) is 0 Å². The minimum atomic E-state index is -0.848. The van der Waals surface area contributed by atoms with Gasteiger partial charge in [0.05, 0.1) is 18.2 Å². The van der Waals surface area contributed by atoms with Crippen LogP contribution in [-0.4, -0.2) is 78.5 Å². The smallest absolute Gasteiger partial charge is 0.338 e. The fourth-order valence-electron chi connectivity index (χ4n) is 4.65. The van der Waals surface area contributed by atoms with Crippen molar-refractivity contribution >= 4 is 17.9 Å². The molecular formula is C27H37FN4O4. The maximum Gasteiger partial charge on any atom is 0.338 e. The van der Waals surface area contributed by atoms with E-state index in [0.717, 1.165) is 6.42 Å². The summed E-state index contributed by atoms with van der Waals surface area (Å²) in [6, 6.07) is 4.62. The summed E-state index contributed by atoms with van der Waals surface area (Å²) in [6.45, 7) is 12.8. The molecule has 1 aromatic rings. The molecule has 8 nitrogen and oxygen atoms in total. The monoisotopic (exact) mass is 500 g/mol. The summed E-state index contributed by atoms with van der Waals surface area (Å²) in [5, 5.41) is 2.85. The van der Waals surface area contributed by atoms with Crippen LogP contribution < -0.4 is 5.32 Å². The number of esters is 1. The molecule has 2 aliphatic rings. The summed E-state index contributed by atoms with van der Waals surface area (Å²) in [5.41, 5.74) is 1.25. The second kappa shape index (κ2) is 12.7. The van der Waals surface area contributed by atoms with Crippen molar-refractivity contribution in [3.8, 4) is 0 Å². The normalized spacial score (nSPS) is 19.2. The molecule has 1 fully saturated rings. The van der Waals surface area contributed by atoms with E-state index < -0.39 is 23.9 Å². The molecule has 0 aliphatic carbocycles. The summed E-state index contributed by atoms with van der Waals surface area (Å²) in [4.78, 5) is 44.5. The lowest BCUT2D eigenvalue weighted by Crippen LogP contribution is -2.51. The van der Waals surface area contributed by atoms with Gasteiger partial charge in [-0.15, -0.1) is 6.58 Å². The molecule has 1 N–H and O–H groups in total. The fraction of sp³-hybridized carbons (Fsp3) is 0.519. The van der Waals surface area contributed by atoms with Crippen molar-refractivity contribution in [3.05, 3.63) is 59.6 Å². The Morgan fingerprint density at radius 1 is 1.25 bits per heavy atom. The highest BCUT2D eigenvalue weighted by atomic mass is 19.1. The lowest BCUT2D eigenvalue weighted by Gasteiger charge is -2.38. The highest BCUT2D eigenvalue weighted by molar-refractivity contribution is 5.95. The van der Waals surface area contributed by atoms with Gasteiger partial charge >= 0.3 is 12.0 Å². The molecule has 0 bridgehead atoms. The van der Waals surface area contributed by atoms with E-state index in [9.17, 15) is 18.8 Å². The van der Waals surface area contributed by atoms with E-state index >= 15 is 0 Å². The van der Waals surface area contributed by atoms with Crippen LogP contribution in [0.5, 0.6) is 0 Å². The number of carbonyl (C=O) groups excluding carboxylic acids is 3. The van der Waals surface area contributed by atoms with Gasteiger partial charge in [0.2, 0.25) is 5.91 Å². The van der Waals surface area contributed by atoms with Gasteiger partial charge in [0.15, 0.2) is 0 Å². The second-order valence-electron chi connectivity index (χ2n) is 9.53. The standard InChI is InChI=1S/C27H37FN4O4/c1-5-11-32-22(18-30-12-8-13-31(15-14-30)23(33)16-19(3)4)24(26(34)36-6-2)25(29-27(32)35)20-9-7-10-21(28)17-20/h5,7,9-10,17,19,25H,1,6,8,11-16,18H2,2-4H3,(H,29,35). The van der Waals surface area contributed by atoms with Gasteiger partial charge in [0.25, 0.3) is 0 Å². The highest BCUT2D eigenvalue weighted by Crippen LogP contribution is 2.32. The van der Waals surface area contributed by atoms with Gasteiger partial charge < -0.3 is 15.0 Å². The van der Waals surface area contributed by atoms with Crippen LogP contribution >= 0.6 is 0 Å². The molecule has 0 aromatic heterocycles. The van der Waals surface area contributed by atoms with Gasteiger partial charge in [-0.2, -0.15) is 0 Å². The molecular weight excluding hydrogens is 463 g/mol. The van der Waals surface area contributed by atoms with Gasteiger partial charge in [0, 0.05) is 51.4 Å². The molecule has 9 heteroatoms. The van der Waals surface area contributed by atoms with E-state index in [2.05, 4.69) is 16.8 Å². The number of ether oxygens (including phenoxy) is 1. The Kier molecular flexibility index (Phi) is 9.64. The minimum Gasteiger partial charge on any atom is -0.463 e. The Bertz CT molecular complexity index is 1010.